The van der Waals surface area contributed by atoms with Gasteiger partial charge in [-0.25, -0.2) is 4.68 Å². The Labute approximate surface area is 105 Å². The molecule has 1 aromatic heterocycles. The molecule has 0 aliphatic carbocycles. The lowest BCUT2D eigenvalue weighted by molar-refractivity contribution is 0.415. The fourth-order valence-electron chi connectivity index (χ4n) is 2.02. The number of hydrogen-bond donors (Lipinski definition) is 1. The number of hydrogen-bond acceptors (Lipinski definition) is 3. The van der Waals surface area contributed by atoms with Crippen LogP contribution in [0.5, 0.6) is 5.75 Å². The summed E-state index contributed by atoms with van der Waals surface area (Å²) in [5.74, 6) is 0.726. The Morgan fingerprint density at radius 2 is 2.00 bits per heavy atom. The van der Waals surface area contributed by atoms with E-state index >= 15 is 0 Å². The number of anilines is 1. The molecule has 0 atom stereocenters. The number of nitrogen functional groups attached to an aromatic ring is 1. The van der Waals surface area contributed by atoms with E-state index in [0.717, 1.165) is 22.3 Å². The maximum absolute atomic E-state index is 5.86. The van der Waals surface area contributed by atoms with Crippen molar-refractivity contribution < 1.29 is 4.74 Å². The second-order valence-corrected chi connectivity index (χ2v) is 4.08. The summed E-state index contributed by atoms with van der Waals surface area (Å²) < 4.78 is 7.08. The van der Waals surface area contributed by atoms with Gasteiger partial charge in [-0.3, -0.25) is 0 Å². The van der Waals surface area contributed by atoms with Crippen LogP contribution in [-0.2, 0) is 0 Å². The molecule has 90 valence electrons. The van der Waals surface area contributed by atoms with Crippen LogP contribution >= 0.6 is 0 Å². The van der Waals surface area contributed by atoms with Gasteiger partial charge in [0.05, 0.1) is 24.5 Å². The maximum atomic E-state index is 5.86. The van der Waals surface area contributed by atoms with Gasteiger partial charge in [0.1, 0.15) is 5.75 Å². The monoisotopic (exact) mass is 239 g/mol. The highest BCUT2D eigenvalue weighted by Gasteiger charge is 2.06. The van der Waals surface area contributed by atoms with Gasteiger partial charge in [0.25, 0.3) is 0 Å². The molecular weight excluding hydrogens is 226 g/mol. The average Bonchev–Trinajstić information content (AvgIpc) is 2.81. The van der Waals surface area contributed by atoms with Gasteiger partial charge in [0.15, 0.2) is 0 Å². The lowest BCUT2D eigenvalue weighted by atomic mass is 10.2. The van der Waals surface area contributed by atoms with E-state index in [1.54, 1.807) is 13.2 Å². The van der Waals surface area contributed by atoms with Crippen LogP contribution in [0.1, 0.15) is 0 Å². The topological polar surface area (TPSA) is 53.1 Å². The third kappa shape index (κ3) is 1.68. The molecule has 0 saturated heterocycles. The van der Waals surface area contributed by atoms with Gasteiger partial charge in [-0.15, -0.1) is 0 Å². The van der Waals surface area contributed by atoms with Crippen molar-refractivity contribution in [3.05, 3.63) is 48.7 Å². The number of nitrogens with two attached hydrogens (primary N) is 1. The average molecular weight is 239 g/mol. The molecule has 1 heterocycles. The van der Waals surface area contributed by atoms with E-state index in [1.165, 1.54) is 0 Å². The third-order valence-corrected chi connectivity index (χ3v) is 2.87. The fraction of sp³-hybridized carbons (Fsp3) is 0.0714. The van der Waals surface area contributed by atoms with Crippen LogP contribution in [0.2, 0.25) is 0 Å². The minimum absolute atomic E-state index is 0.656. The van der Waals surface area contributed by atoms with Crippen LogP contribution in [0.3, 0.4) is 0 Å². The molecule has 0 aliphatic heterocycles. The van der Waals surface area contributed by atoms with Crippen molar-refractivity contribution in [1.29, 1.82) is 0 Å². The first kappa shape index (κ1) is 10.7. The van der Waals surface area contributed by atoms with E-state index in [-0.39, 0.29) is 0 Å². The van der Waals surface area contributed by atoms with Gasteiger partial charge in [-0.2, -0.15) is 5.10 Å². The Bertz CT molecular complexity index is 703. The summed E-state index contributed by atoms with van der Waals surface area (Å²) in [6.45, 7) is 0. The highest BCUT2D eigenvalue weighted by atomic mass is 16.5. The molecule has 2 N–H and O–H groups in total. The summed E-state index contributed by atoms with van der Waals surface area (Å²) in [6.07, 6.45) is 1.84. The number of rotatable bonds is 2. The largest absolute Gasteiger partial charge is 0.497 e. The second-order valence-electron chi connectivity index (χ2n) is 4.08. The second kappa shape index (κ2) is 4.07. The molecule has 0 radical (unpaired) electrons. The first-order valence-electron chi connectivity index (χ1n) is 5.65. The number of para-hydroxylation sites is 1. The minimum Gasteiger partial charge on any atom is -0.497 e. The number of nitrogens with zero attached hydrogens (tertiary/aromatic N) is 2. The summed E-state index contributed by atoms with van der Waals surface area (Å²) in [6, 6.07) is 13.6. The molecule has 4 heteroatoms. The van der Waals surface area contributed by atoms with Gasteiger partial charge in [-0.1, -0.05) is 18.2 Å². The van der Waals surface area contributed by atoms with Crippen LogP contribution in [0.4, 0.5) is 5.69 Å². The van der Waals surface area contributed by atoms with E-state index < -0.39 is 0 Å². The molecule has 3 aromatic rings. The molecule has 2 aromatic carbocycles. The van der Waals surface area contributed by atoms with E-state index in [0.29, 0.717) is 5.69 Å². The molecule has 0 spiro atoms. The maximum Gasteiger partial charge on any atom is 0.123 e. The summed E-state index contributed by atoms with van der Waals surface area (Å²) in [5.41, 5.74) is 8.46. The van der Waals surface area contributed by atoms with E-state index in [1.807, 2.05) is 47.3 Å². The quantitative estimate of drug-likeness (QED) is 0.699. The summed E-state index contributed by atoms with van der Waals surface area (Å²) in [7, 11) is 1.62. The normalized spacial score (nSPS) is 10.7. The van der Waals surface area contributed by atoms with Crippen molar-refractivity contribution >= 4 is 16.6 Å². The van der Waals surface area contributed by atoms with Crippen LogP contribution < -0.4 is 10.5 Å². The van der Waals surface area contributed by atoms with E-state index in [2.05, 4.69) is 5.10 Å². The van der Waals surface area contributed by atoms with Crippen LogP contribution in [-0.4, -0.2) is 16.9 Å². The molecule has 4 nitrogen and oxygen atoms in total. The molecule has 0 fully saturated rings. The van der Waals surface area contributed by atoms with Crippen molar-refractivity contribution in [1.82, 2.24) is 9.78 Å². The summed E-state index contributed by atoms with van der Waals surface area (Å²) in [5, 5.41) is 5.48. The molecule has 0 amide bonds. The molecule has 0 aliphatic rings. The Morgan fingerprint density at radius 1 is 1.17 bits per heavy atom. The Kier molecular flexibility index (Phi) is 2.41. The van der Waals surface area contributed by atoms with Gasteiger partial charge in [0, 0.05) is 23.2 Å². The van der Waals surface area contributed by atoms with Crippen LogP contribution in [0.15, 0.2) is 48.7 Å². The first-order chi connectivity index (χ1) is 8.78. The lowest BCUT2D eigenvalue weighted by Crippen LogP contribution is -1.98. The smallest absolute Gasteiger partial charge is 0.123 e. The molecule has 0 unspecified atom stereocenters. The zero-order valence-electron chi connectivity index (χ0n) is 10.00. The molecule has 0 saturated carbocycles. The molecule has 3 rings (SSSR count). The summed E-state index contributed by atoms with van der Waals surface area (Å²) >= 11 is 0. The van der Waals surface area contributed by atoms with Crippen LogP contribution in [0.25, 0.3) is 16.6 Å². The SMILES string of the molecule is COc1cc(N)cc(-n2ncc3ccccc32)c1. The first-order valence-corrected chi connectivity index (χ1v) is 5.65. The number of fused-ring (bicyclic) bond motifs is 1. The van der Waals surface area contributed by atoms with Gasteiger partial charge < -0.3 is 10.5 Å². The molecule has 18 heavy (non-hydrogen) atoms. The number of aromatic nitrogens is 2. The van der Waals surface area contributed by atoms with Crippen molar-refractivity contribution in [2.24, 2.45) is 0 Å². The van der Waals surface area contributed by atoms with Crippen molar-refractivity contribution in [3.63, 3.8) is 0 Å². The highest BCUT2D eigenvalue weighted by molar-refractivity contribution is 5.80. The van der Waals surface area contributed by atoms with E-state index in [4.69, 9.17) is 10.5 Å². The van der Waals surface area contributed by atoms with Crippen molar-refractivity contribution in [2.45, 2.75) is 0 Å². The standard InChI is InChI=1S/C14H13N3O/c1-18-13-7-11(15)6-12(8-13)17-14-5-3-2-4-10(14)9-16-17/h2-9H,15H2,1H3. The van der Waals surface area contributed by atoms with Gasteiger partial charge in [-0.05, 0) is 12.1 Å². The lowest BCUT2D eigenvalue weighted by Gasteiger charge is -2.07. The fourth-order valence-corrected chi connectivity index (χ4v) is 2.02. The predicted octanol–water partition coefficient (Wildman–Crippen LogP) is 2.62. The van der Waals surface area contributed by atoms with Crippen LogP contribution in [0, 0.1) is 0 Å². The number of benzene rings is 2. The summed E-state index contributed by atoms with van der Waals surface area (Å²) in [4.78, 5) is 0. The third-order valence-electron chi connectivity index (χ3n) is 2.87. The highest BCUT2D eigenvalue weighted by Crippen LogP contribution is 2.24. The van der Waals surface area contributed by atoms with E-state index in [9.17, 15) is 0 Å². The molecular formula is C14H13N3O. The van der Waals surface area contributed by atoms with Crippen molar-refractivity contribution in [3.8, 4) is 11.4 Å². The zero-order chi connectivity index (χ0) is 12.5. The number of ether oxygens (including phenoxy) is 1. The molecule has 0 bridgehead atoms. The predicted molar refractivity (Wildman–Crippen MR) is 72.0 cm³/mol. The minimum atomic E-state index is 0.656. The van der Waals surface area contributed by atoms with Gasteiger partial charge in [0.2, 0.25) is 0 Å². The Hall–Kier alpha value is -2.49. The zero-order valence-corrected chi connectivity index (χ0v) is 10.00. The number of methoxy groups -OCH3 is 1. The van der Waals surface area contributed by atoms with Gasteiger partial charge >= 0.3 is 0 Å². The Morgan fingerprint density at radius 3 is 2.83 bits per heavy atom. The van der Waals surface area contributed by atoms with Crippen molar-refractivity contribution in [2.75, 3.05) is 12.8 Å². The Balaban J connectivity index is 2.22.